The number of hydrogen-bond donors (Lipinski definition) is 2. The molecule has 1 amide bonds. The van der Waals surface area contributed by atoms with Gasteiger partial charge in [0.15, 0.2) is 0 Å². The molecule has 4 aromatic rings. The zero-order chi connectivity index (χ0) is 19.7. The maximum atomic E-state index is 12.5. The van der Waals surface area contributed by atoms with Crippen LogP contribution in [-0.4, -0.2) is 22.1 Å². The fourth-order valence-corrected chi connectivity index (χ4v) is 4.12. The Bertz CT molecular complexity index is 1200. The summed E-state index contributed by atoms with van der Waals surface area (Å²) in [5.74, 6) is 1.30. The fourth-order valence-electron chi connectivity index (χ4n) is 2.71. The molecule has 0 aliphatic rings. The second-order valence-electron chi connectivity index (χ2n) is 5.90. The number of rotatable bonds is 4. The summed E-state index contributed by atoms with van der Waals surface area (Å²) < 4.78 is 6.90. The number of benzene rings is 1. The number of aryl methyl sites for hydroxylation is 1. The van der Waals surface area contributed by atoms with Crippen LogP contribution in [0.4, 0.5) is 5.82 Å². The van der Waals surface area contributed by atoms with Crippen LogP contribution in [0.2, 0.25) is 0 Å². The fraction of sp³-hybridized carbons (Fsp3) is 0.0526. The summed E-state index contributed by atoms with van der Waals surface area (Å²) in [4.78, 5) is 21.8. The lowest BCUT2D eigenvalue weighted by Crippen LogP contribution is -2.17. The van der Waals surface area contributed by atoms with E-state index in [2.05, 4.69) is 43.1 Å². The highest BCUT2D eigenvalue weighted by atomic mass is 127. The van der Waals surface area contributed by atoms with E-state index in [-0.39, 0.29) is 5.91 Å². The number of carbonyl (C=O) groups excluding carboxylic acids is 1. The van der Waals surface area contributed by atoms with E-state index in [0.717, 1.165) is 20.5 Å². The zero-order valence-electron chi connectivity index (χ0n) is 14.6. The first-order valence-electron chi connectivity index (χ1n) is 8.21. The van der Waals surface area contributed by atoms with Crippen molar-refractivity contribution in [3.05, 3.63) is 62.5 Å². The minimum absolute atomic E-state index is 0.333. The van der Waals surface area contributed by atoms with Gasteiger partial charge in [0.25, 0.3) is 5.91 Å². The summed E-state index contributed by atoms with van der Waals surface area (Å²) in [5.41, 5.74) is 10.1. The Balaban J connectivity index is 1.48. The van der Waals surface area contributed by atoms with Crippen LogP contribution in [0, 0.1) is 10.5 Å². The largest absolute Gasteiger partial charge is 0.455 e. The molecule has 9 heteroatoms. The molecule has 0 unspecified atom stereocenters. The maximum absolute atomic E-state index is 12.5. The number of halogens is 1. The molecule has 3 aromatic heterocycles. The Morgan fingerprint density at radius 3 is 2.79 bits per heavy atom. The number of anilines is 1. The standard InChI is InChI=1S/C19H14IN5O2S/c1-10-15-17(21)22-9-23-19(15)28-16(10)18(26)25-24-8-13-6-7-14(27-13)11-2-4-12(20)5-3-11/h2-9H,1H3,(H,25,26)(H2,21,22,23)/b24-8-. The topological polar surface area (TPSA) is 106 Å². The van der Waals surface area contributed by atoms with Crippen molar-refractivity contribution in [1.29, 1.82) is 0 Å². The second kappa shape index (κ2) is 7.68. The van der Waals surface area contributed by atoms with Crippen molar-refractivity contribution in [3.63, 3.8) is 0 Å². The lowest BCUT2D eigenvalue weighted by Gasteiger charge is -1.98. The molecule has 140 valence electrons. The van der Waals surface area contributed by atoms with Crippen molar-refractivity contribution >= 4 is 62.1 Å². The average Bonchev–Trinajstić information content (AvgIpc) is 3.28. The van der Waals surface area contributed by atoms with Gasteiger partial charge in [0.2, 0.25) is 0 Å². The second-order valence-corrected chi connectivity index (χ2v) is 8.15. The SMILES string of the molecule is Cc1c(C(=O)N/N=C\c2ccc(-c3ccc(I)cc3)o2)sc2ncnc(N)c12. The van der Waals surface area contributed by atoms with Crippen molar-refractivity contribution < 1.29 is 9.21 Å². The zero-order valence-corrected chi connectivity index (χ0v) is 17.6. The van der Waals surface area contributed by atoms with Gasteiger partial charge in [-0.1, -0.05) is 12.1 Å². The average molecular weight is 503 g/mol. The highest BCUT2D eigenvalue weighted by Crippen LogP contribution is 2.31. The quantitative estimate of drug-likeness (QED) is 0.247. The van der Waals surface area contributed by atoms with Crippen molar-refractivity contribution in [2.24, 2.45) is 5.10 Å². The predicted molar refractivity (Wildman–Crippen MR) is 118 cm³/mol. The highest BCUT2D eigenvalue weighted by Gasteiger charge is 2.18. The van der Waals surface area contributed by atoms with Crippen molar-refractivity contribution in [1.82, 2.24) is 15.4 Å². The van der Waals surface area contributed by atoms with Gasteiger partial charge in [-0.25, -0.2) is 15.4 Å². The third-order valence-electron chi connectivity index (χ3n) is 4.08. The summed E-state index contributed by atoms with van der Waals surface area (Å²) >= 11 is 3.51. The number of fused-ring (bicyclic) bond motifs is 1. The van der Waals surface area contributed by atoms with E-state index in [1.807, 2.05) is 37.3 Å². The summed E-state index contributed by atoms with van der Waals surface area (Å²) in [5, 5.41) is 4.70. The molecule has 3 heterocycles. The molecule has 0 fully saturated rings. The van der Waals surface area contributed by atoms with Gasteiger partial charge in [-0.15, -0.1) is 11.3 Å². The number of nitrogens with zero attached hydrogens (tertiary/aromatic N) is 3. The van der Waals surface area contributed by atoms with Crippen LogP contribution < -0.4 is 11.2 Å². The van der Waals surface area contributed by atoms with Crippen LogP contribution in [0.25, 0.3) is 21.5 Å². The number of aromatic nitrogens is 2. The van der Waals surface area contributed by atoms with E-state index < -0.39 is 0 Å². The van der Waals surface area contributed by atoms with Crippen molar-refractivity contribution in [2.75, 3.05) is 5.73 Å². The molecule has 3 N–H and O–H groups in total. The minimum atomic E-state index is -0.333. The first-order chi connectivity index (χ1) is 13.5. The summed E-state index contributed by atoms with van der Waals surface area (Å²) in [7, 11) is 0. The first-order valence-corrected chi connectivity index (χ1v) is 10.1. The molecule has 0 aliphatic carbocycles. The van der Waals surface area contributed by atoms with Gasteiger partial charge in [0.05, 0.1) is 16.5 Å². The lowest BCUT2D eigenvalue weighted by molar-refractivity contribution is 0.0958. The highest BCUT2D eigenvalue weighted by molar-refractivity contribution is 14.1. The Hall–Kier alpha value is -2.79. The van der Waals surface area contributed by atoms with Crippen LogP contribution in [0.3, 0.4) is 0 Å². The number of nitrogen functional groups attached to an aromatic ring is 1. The Morgan fingerprint density at radius 2 is 2.04 bits per heavy atom. The summed E-state index contributed by atoms with van der Waals surface area (Å²) in [6.45, 7) is 1.82. The van der Waals surface area contributed by atoms with Gasteiger partial charge in [0, 0.05) is 9.13 Å². The monoisotopic (exact) mass is 503 g/mol. The van der Waals surface area contributed by atoms with Crippen LogP contribution in [0.15, 0.2) is 52.2 Å². The van der Waals surface area contributed by atoms with E-state index in [9.17, 15) is 4.79 Å². The van der Waals surface area contributed by atoms with Crippen LogP contribution in [0.5, 0.6) is 0 Å². The third kappa shape index (κ3) is 3.62. The molecule has 0 bridgehead atoms. The van der Waals surface area contributed by atoms with E-state index in [0.29, 0.717) is 26.7 Å². The van der Waals surface area contributed by atoms with Crippen molar-refractivity contribution in [3.8, 4) is 11.3 Å². The predicted octanol–water partition coefficient (Wildman–Crippen LogP) is 4.21. The molecular formula is C19H14IN5O2S. The van der Waals surface area contributed by atoms with E-state index >= 15 is 0 Å². The molecule has 0 saturated heterocycles. The molecule has 0 spiro atoms. The van der Waals surface area contributed by atoms with Gasteiger partial charge < -0.3 is 10.2 Å². The number of nitrogens with two attached hydrogens (primary N) is 1. The number of amides is 1. The lowest BCUT2D eigenvalue weighted by atomic mass is 10.2. The number of carbonyl (C=O) groups is 1. The van der Waals surface area contributed by atoms with Gasteiger partial charge in [0.1, 0.15) is 28.5 Å². The van der Waals surface area contributed by atoms with Crippen LogP contribution >= 0.6 is 33.9 Å². The molecular weight excluding hydrogens is 489 g/mol. The van der Waals surface area contributed by atoms with Gasteiger partial charge in [-0.3, -0.25) is 4.79 Å². The first kappa shape index (κ1) is 18.6. The molecule has 0 radical (unpaired) electrons. The molecule has 0 saturated carbocycles. The molecule has 7 nitrogen and oxygen atoms in total. The van der Waals surface area contributed by atoms with Crippen molar-refractivity contribution in [2.45, 2.75) is 6.92 Å². The summed E-state index contributed by atoms with van der Waals surface area (Å²) in [6, 6.07) is 11.7. The maximum Gasteiger partial charge on any atom is 0.281 e. The summed E-state index contributed by atoms with van der Waals surface area (Å²) in [6.07, 6.45) is 2.85. The third-order valence-corrected chi connectivity index (χ3v) is 5.99. The number of nitrogens with one attached hydrogen (secondary N) is 1. The van der Waals surface area contributed by atoms with Gasteiger partial charge >= 0.3 is 0 Å². The van der Waals surface area contributed by atoms with E-state index in [1.165, 1.54) is 23.9 Å². The molecule has 0 atom stereocenters. The van der Waals surface area contributed by atoms with Gasteiger partial charge in [-0.2, -0.15) is 5.10 Å². The number of hydrazone groups is 1. The normalized spacial score (nSPS) is 11.4. The molecule has 28 heavy (non-hydrogen) atoms. The smallest absolute Gasteiger partial charge is 0.281 e. The van der Waals surface area contributed by atoms with E-state index in [1.54, 1.807) is 6.07 Å². The molecule has 0 aliphatic heterocycles. The van der Waals surface area contributed by atoms with Crippen LogP contribution in [-0.2, 0) is 0 Å². The Labute approximate surface area is 177 Å². The number of hydrogen-bond acceptors (Lipinski definition) is 7. The van der Waals surface area contributed by atoms with E-state index in [4.69, 9.17) is 10.2 Å². The number of furan rings is 1. The van der Waals surface area contributed by atoms with Gasteiger partial charge in [-0.05, 0) is 59.3 Å². The van der Waals surface area contributed by atoms with Crippen LogP contribution in [0.1, 0.15) is 21.0 Å². The Kier molecular flexibility index (Phi) is 5.09. The number of thiophene rings is 1. The Morgan fingerprint density at radius 1 is 1.25 bits per heavy atom. The molecule has 4 rings (SSSR count). The minimum Gasteiger partial charge on any atom is -0.455 e. The molecule has 1 aromatic carbocycles.